The quantitative estimate of drug-likeness (QED) is 0.665. The monoisotopic (exact) mass is 390 g/mol. The third kappa shape index (κ3) is 3.00. The standard InChI is InChI=1S/C23H34O5/c1-13(24)27-20-12-23(4)15(11-19(20)26)5-6-16-17-7-8-21(28-14(2)25)22(17,3)10-9-18(16)23/h15-18,20-21H,5-12H2,1-4H3/t15-,16+,17+,18+,20+,21+,22-,23-/m0/s1. The second-order valence-corrected chi connectivity index (χ2v) is 10.3. The number of esters is 2. The number of fused-ring (bicyclic) bond motifs is 5. The van der Waals surface area contributed by atoms with Gasteiger partial charge in [0, 0.05) is 25.7 Å². The van der Waals surface area contributed by atoms with Crippen molar-refractivity contribution in [2.24, 2.45) is 34.5 Å². The van der Waals surface area contributed by atoms with E-state index < -0.39 is 6.10 Å². The summed E-state index contributed by atoms with van der Waals surface area (Å²) < 4.78 is 11.1. The number of hydrogen-bond donors (Lipinski definition) is 0. The lowest BCUT2D eigenvalue weighted by Crippen LogP contribution is -2.56. The van der Waals surface area contributed by atoms with E-state index in [2.05, 4.69) is 13.8 Å². The third-order valence-electron chi connectivity index (χ3n) is 9.03. The van der Waals surface area contributed by atoms with E-state index in [0.717, 1.165) is 32.1 Å². The molecule has 0 N–H and O–H groups in total. The molecule has 0 bridgehead atoms. The Hall–Kier alpha value is -1.39. The van der Waals surface area contributed by atoms with Crippen LogP contribution in [0.25, 0.3) is 0 Å². The molecule has 0 heterocycles. The van der Waals surface area contributed by atoms with Gasteiger partial charge >= 0.3 is 11.9 Å². The number of carbonyl (C=O) groups is 3. The van der Waals surface area contributed by atoms with Crippen LogP contribution in [0.4, 0.5) is 0 Å². The fourth-order valence-electron chi connectivity index (χ4n) is 7.73. The third-order valence-corrected chi connectivity index (χ3v) is 9.03. The van der Waals surface area contributed by atoms with Gasteiger partial charge in [-0.15, -0.1) is 0 Å². The van der Waals surface area contributed by atoms with Crippen LogP contribution in [0, 0.1) is 34.5 Å². The number of hydrogen-bond acceptors (Lipinski definition) is 5. The van der Waals surface area contributed by atoms with Gasteiger partial charge in [-0.3, -0.25) is 14.4 Å². The molecular weight excluding hydrogens is 356 g/mol. The van der Waals surface area contributed by atoms with Crippen molar-refractivity contribution in [3.05, 3.63) is 0 Å². The highest BCUT2D eigenvalue weighted by Gasteiger charge is 2.62. The fourth-order valence-corrected chi connectivity index (χ4v) is 7.73. The van der Waals surface area contributed by atoms with E-state index in [-0.39, 0.29) is 34.7 Å². The van der Waals surface area contributed by atoms with Crippen LogP contribution in [-0.2, 0) is 23.9 Å². The molecule has 4 fully saturated rings. The Balaban J connectivity index is 1.58. The number of ether oxygens (including phenoxy) is 2. The zero-order valence-electron chi connectivity index (χ0n) is 17.7. The highest BCUT2D eigenvalue weighted by atomic mass is 16.5. The second kappa shape index (κ2) is 6.84. The van der Waals surface area contributed by atoms with Gasteiger partial charge in [0.2, 0.25) is 0 Å². The van der Waals surface area contributed by atoms with Crippen molar-refractivity contribution < 1.29 is 23.9 Å². The molecule has 4 aliphatic rings. The van der Waals surface area contributed by atoms with Crippen LogP contribution in [0.3, 0.4) is 0 Å². The van der Waals surface area contributed by atoms with E-state index in [4.69, 9.17) is 9.47 Å². The van der Waals surface area contributed by atoms with Crippen molar-refractivity contribution in [1.82, 2.24) is 0 Å². The summed E-state index contributed by atoms with van der Waals surface area (Å²) in [5.41, 5.74) is 0.133. The summed E-state index contributed by atoms with van der Waals surface area (Å²) in [6, 6.07) is 0. The number of carbonyl (C=O) groups excluding carboxylic acids is 3. The maximum atomic E-state index is 12.5. The van der Waals surface area contributed by atoms with E-state index in [1.807, 2.05) is 0 Å². The van der Waals surface area contributed by atoms with E-state index in [9.17, 15) is 14.4 Å². The predicted octanol–water partition coefficient (Wildman–Crippen LogP) is 4.07. The van der Waals surface area contributed by atoms with Crippen molar-refractivity contribution >= 4 is 17.7 Å². The summed E-state index contributed by atoms with van der Waals surface area (Å²) >= 11 is 0. The highest BCUT2D eigenvalue weighted by molar-refractivity contribution is 5.86. The van der Waals surface area contributed by atoms with Gasteiger partial charge in [-0.2, -0.15) is 0 Å². The Kier molecular flexibility index (Phi) is 4.86. The molecule has 0 aromatic heterocycles. The van der Waals surface area contributed by atoms with Gasteiger partial charge in [0.1, 0.15) is 6.10 Å². The van der Waals surface area contributed by atoms with Gasteiger partial charge in [0.25, 0.3) is 0 Å². The lowest BCUT2D eigenvalue weighted by atomic mass is 9.45. The first-order valence-electron chi connectivity index (χ1n) is 11.0. The number of Topliss-reactive ketones (excluding diaryl/α,β-unsaturated/α-hetero) is 1. The molecule has 156 valence electrons. The summed E-state index contributed by atoms with van der Waals surface area (Å²) in [4.78, 5) is 35.6. The Morgan fingerprint density at radius 1 is 0.893 bits per heavy atom. The second-order valence-electron chi connectivity index (χ2n) is 10.3. The van der Waals surface area contributed by atoms with E-state index in [1.165, 1.54) is 20.3 Å². The molecule has 0 saturated heterocycles. The smallest absolute Gasteiger partial charge is 0.303 e. The summed E-state index contributed by atoms with van der Waals surface area (Å²) in [6.07, 6.45) is 7.25. The van der Waals surface area contributed by atoms with Crippen LogP contribution in [0.15, 0.2) is 0 Å². The first-order valence-corrected chi connectivity index (χ1v) is 11.0. The molecule has 4 aliphatic carbocycles. The molecule has 0 aromatic rings. The van der Waals surface area contributed by atoms with Crippen LogP contribution in [0.5, 0.6) is 0 Å². The van der Waals surface area contributed by atoms with E-state index >= 15 is 0 Å². The van der Waals surface area contributed by atoms with Crippen molar-refractivity contribution in [2.75, 3.05) is 0 Å². The summed E-state index contributed by atoms with van der Waals surface area (Å²) in [6.45, 7) is 7.58. The molecule has 0 aliphatic heterocycles. The summed E-state index contributed by atoms with van der Waals surface area (Å²) in [5.74, 6) is 1.75. The first kappa shape index (κ1) is 19.9. The Bertz CT molecular complexity index is 686. The molecular formula is C23H34O5. The topological polar surface area (TPSA) is 69.7 Å². The molecule has 5 heteroatoms. The van der Waals surface area contributed by atoms with Gasteiger partial charge in [0.05, 0.1) is 0 Å². The molecule has 0 radical (unpaired) electrons. The fraction of sp³-hybridized carbons (Fsp3) is 0.870. The Morgan fingerprint density at radius 3 is 2.25 bits per heavy atom. The molecule has 5 nitrogen and oxygen atoms in total. The van der Waals surface area contributed by atoms with Crippen LogP contribution in [0.2, 0.25) is 0 Å². The van der Waals surface area contributed by atoms with Gasteiger partial charge in [-0.25, -0.2) is 0 Å². The van der Waals surface area contributed by atoms with Crippen molar-refractivity contribution in [3.63, 3.8) is 0 Å². The van der Waals surface area contributed by atoms with Crippen LogP contribution in [0.1, 0.15) is 79.1 Å². The van der Waals surface area contributed by atoms with Crippen molar-refractivity contribution in [1.29, 1.82) is 0 Å². The van der Waals surface area contributed by atoms with Crippen molar-refractivity contribution in [3.8, 4) is 0 Å². The van der Waals surface area contributed by atoms with E-state index in [1.54, 1.807) is 0 Å². The molecule has 28 heavy (non-hydrogen) atoms. The molecule has 0 amide bonds. The minimum Gasteiger partial charge on any atom is -0.462 e. The zero-order valence-corrected chi connectivity index (χ0v) is 17.7. The van der Waals surface area contributed by atoms with Gasteiger partial charge in [0.15, 0.2) is 11.9 Å². The molecule has 0 unspecified atom stereocenters. The number of rotatable bonds is 2. The van der Waals surface area contributed by atoms with Gasteiger partial charge in [-0.1, -0.05) is 13.8 Å². The average Bonchev–Trinajstić information content (AvgIpc) is 2.92. The lowest BCUT2D eigenvalue weighted by molar-refractivity contribution is -0.175. The van der Waals surface area contributed by atoms with E-state index in [0.29, 0.717) is 36.5 Å². The molecule has 4 rings (SSSR count). The van der Waals surface area contributed by atoms with Gasteiger partial charge in [-0.05, 0) is 74.0 Å². The van der Waals surface area contributed by atoms with Crippen LogP contribution in [-0.4, -0.2) is 29.9 Å². The molecule has 0 spiro atoms. The number of ketones is 1. The average molecular weight is 391 g/mol. The lowest BCUT2D eigenvalue weighted by Gasteiger charge is -2.60. The maximum Gasteiger partial charge on any atom is 0.303 e. The van der Waals surface area contributed by atoms with Gasteiger partial charge < -0.3 is 9.47 Å². The zero-order chi connectivity index (χ0) is 20.3. The molecule has 0 aromatic carbocycles. The van der Waals surface area contributed by atoms with Crippen molar-refractivity contribution in [2.45, 2.75) is 91.3 Å². The Morgan fingerprint density at radius 2 is 1.57 bits per heavy atom. The summed E-state index contributed by atoms with van der Waals surface area (Å²) in [7, 11) is 0. The minimum atomic E-state index is -0.566. The molecule has 4 saturated carbocycles. The highest BCUT2D eigenvalue weighted by Crippen LogP contribution is 2.66. The SMILES string of the molecule is CC(=O)O[C@@H]1C[C@@]2(C)[C@@H](CC[C@H]3[C@H]2CC[C@@]2(C)[C@@H]3CC[C@H]2OC(C)=O)CC1=O. The minimum absolute atomic E-state index is 0.0446. The van der Waals surface area contributed by atoms with Crippen LogP contribution < -0.4 is 0 Å². The normalized spacial score (nSPS) is 47.5. The van der Waals surface area contributed by atoms with Crippen LogP contribution >= 0.6 is 0 Å². The Labute approximate surface area is 167 Å². The maximum absolute atomic E-state index is 12.5. The largest absolute Gasteiger partial charge is 0.462 e. The summed E-state index contributed by atoms with van der Waals surface area (Å²) in [5, 5.41) is 0. The predicted molar refractivity (Wildman–Crippen MR) is 103 cm³/mol. The molecule has 8 atom stereocenters. The first-order chi connectivity index (χ1) is 13.1.